The Morgan fingerprint density at radius 3 is 2.89 bits per heavy atom. The van der Waals surface area contributed by atoms with Gasteiger partial charge in [-0.05, 0) is 18.6 Å². The zero-order chi connectivity index (χ0) is 13.4. The average molecular weight is 326 g/mol. The SMILES string of the molecule is Cc1c(Br)cc2c(c1-c1noc(CN)n1)OCCO2. The summed E-state index contributed by atoms with van der Waals surface area (Å²) >= 11 is 3.50. The van der Waals surface area contributed by atoms with E-state index < -0.39 is 0 Å². The molecule has 0 fully saturated rings. The summed E-state index contributed by atoms with van der Waals surface area (Å²) < 4.78 is 17.2. The fourth-order valence-corrected chi connectivity index (χ4v) is 2.36. The molecule has 1 aromatic carbocycles. The molecule has 0 unspecified atom stereocenters. The number of hydrogen-bond acceptors (Lipinski definition) is 6. The number of benzene rings is 1. The summed E-state index contributed by atoms with van der Waals surface area (Å²) in [5.41, 5.74) is 7.22. The van der Waals surface area contributed by atoms with Crippen molar-refractivity contribution in [3.63, 3.8) is 0 Å². The molecule has 2 heterocycles. The molecule has 100 valence electrons. The van der Waals surface area contributed by atoms with Crippen molar-refractivity contribution in [2.45, 2.75) is 13.5 Å². The van der Waals surface area contributed by atoms with E-state index in [2.05, 4.69) is 26.1 Å². The van der Waals surface area contributed by atoms with Crippen LogP contribution in [-0.4, -0.2) is 23.4 Å². The quantitative estimate of drug-likeness (QED) is 0.909. The minimum Gasteiger partial charge on any atom is -0.486 e. The van der Waals surface area contributed by atoms with Crippen LogP contribution >= 0.6 is 15.9 Å². The monoisotopic (exact) mass is 325 g/mol. The number of rotatable bonds is 2. The number of aromatic nitrogens is 2. The molecule has 2 N–H and O–H groups in total. The molecule has 0 saturated heterocycles. The van der Waals surface area contributed by atoms with Crippen molar-refractivity contribution in [1.29, 1.82) is 0 Å². The zero-order valence-corrected chi connectivity index (χ0v) is 11.9. The van der Waals surface area contributed by atoms with E-state index in [-0.39, 0.29) is 6.54 Å². The summed E-state index contributed by atoms with van der Waals surface area (Å²) in [6, 6.07) is 1.89. The molecule has 0 saturated carbocycles. The fraction of sp³-hybridized carbons (Fsp3) is 0.333. The lowest BCUT2D eigenvalue weighted by Crippen LogP contribution is -2.16. The first-order chi connectivity index (χ1) is 9.20. The van der Waals surface area contributed by atoms with E-state index in [1.807, 2.05) is 13.0 Å². The molecule has 2 aromatic rings. The van der Waals surface area contributed by atoms with E-state index in [4.69, 9.17) is 19.7 Å². The van der Waals surface area contributed by atoms with Crippen molar-refractivity contribution in [3.8, 4) is 22.9 Å². The highest BCUT2D eigenvalue weighted by Crippen LogP contribution is 2.44. The Labute approximate surface area is 118 Å². The predicted octanol–water partition coefficient (Wildman–Crippen LogP) is 2.04. The second-order valence-corrected chi connectivity index (χ2v) is 4.95. The van der Waals surface area contributed by atoms with Crippen molar-refractivity contribution in [2.75, 3.05) is 13.2 Å². The first-order valence-corrected chi connectivity index (χ1v) is 6.61. The smallest absolute Gasteiger partial charge is 0.240 e. The number of fused-ring (bicyclic) bond motifs is 1. The molecule has 19 heavy (non-hydrogen) atoms. The van der Waals surface area contributed by atoms with Gasteiger partial charge in [0.05, 0.1) is 12.1 Å². The van der Waals surface area contributed by atoms with E-state index >= 15 is 0 Å². The van der Waals surface area contributed by atoms with Gasteiger partial charge in [0.15, 0.2) is 11.5 Å². The van der Waals surface area contributed by atoms with Crippen molar-refractivity contribution in [2.24, 2.45) is 5.73 Å². The summed E-state index contributed by atoms with van der Waals surface area (Å²) in [7, 11) is 0. The van der Waals surface area contributed by atoms with Gasteiger partial charge >= 0.3 is 0 Å². The van der Waals surface area contributed by atoms with Crippen LogP contribution in [0.25, 0.3) is 11.4 Å². The third-order valence-electron chi connectivity index (χ3n) is 2.90. The Kier molecular flexibility index (Phi) is 3.16. The lowest BCUT2D eigenvalue weighted by atomic mass is 10.1. The van der Waals surface area contributed by atoms with E-state index in [0.717, 1.165) is 15.6 Å². The summed E-state index contributed by atoms with van der Waals surface area (Å²) in [5, 5.41) is 3.94. The minimum absolute atomic E-state index is 0.208. The highest BCUT2D eigenvalue weighted by molar-refractivity contribution is 9.10. The number of nitrogens with two attached hydrogens (primary N) is 1. The molecule has 1 aliphatic rings. The van der Waals surface area contributed by atoms with Crippen LogP contribution in [0, 0.1) is 6.92 Å². The van der Waals surface area contributed by atoms with Gasteiger partial charge in [-0.1, -0.05) is 21.1 Å². The van der Waals surface area contributed by atoms with Gasteiger partial charge in [-0.3, -0.25) is 0 Å². The molecular formula is C12H12BrN3O3. The van der Waals surface area contributed by atoms with Crippen LogP contribution < -0.4 is 15.2 Å². The van der Waals surface area contributed by atoms with Crippen molar-refractivity contribution in [1.82, 2.24) is 10.1 Å². The number of nitrogens with zero attached hydrogens (tertiary/aromatic N) is 2. The van der Waals surface area contributed by atoms with Gasteiger partial charge in [-0.2, -0.15) is 4.98 Å². The minimum atomic E-state index is 0.208. The topological polar surface area (TPSA) is 83.4 Å². The van der Waals surface area contributed by atoms with Crippen LogP contribution in [0.4, 0.5) is 0 Å². The Morgan fingerprint density at radius 2 is 2.16 bits per heavy atom. The Bertz CT molecular complexity index is 627. The molecule has 0 atom stereocenters. The Balaban J connectivity index is 2.20. The van der Waals surface area contributed by atoms with E-state index in [9.17, 15) is 0 Å². The highest BCUT2D eigenvalue weighted by Gasteiger charge is 2.24. The molecule has 0 amide bonds. The van der Waals surface area contributed by atoms with E-state index in [1.165, 1.54) is 0 Å². The van der Waals surface area contributed by atoms with Crippen molar-refractivity contribution in [3.05, 3.63) is 22.0 Å². The largest absolute Gasteiger partial charge is 0.486 e. The van der Waals surface area contributed by atoms with Crippen molar-refractivity contribution >= 4 is 15.9 Å². The number of hydrogen-bond donors (Lipinski definition) is 1. The first-order valence-electron chi connectivity index (χ1n) is 5.82. The van der Waals surface area contributed by atoms with Gasteiger partial charge in [0.25, 0.3) is 0 Å². The molecule has 6 nitrogen and oxygen atoms in total. The summed E-state index contributed by atoms with van der Waals surface area (Å²) in [5.74, 6) is 2.18. The van der Waals surface area contributed by atoms with Crippen molar-refractivity contribution < 1.29 is 14.0 Å². The molecule has 0 spiro atoms. The van der Waals surface area contributed by atoms with Crippen LogP contribution in [0.2, 0.25) is 0 Å². The number of halogens is 1. The maximum atomic E-state index is 5.69. The summed E-state index contributed by atoms with van der Waals surface area (Å²) in [4.78, 5) is 4.25. The molecular weight excluding hydrogens is 314 g/mol. The highest BCUT2D eigenvalue weighted by atomic mass is 79.9. The molecule has 0 bridgehead atoms. The Morgan fingerprint density at radius 1 is 1.37 bits per heavy atom. The predicted molar refractivity (Wildman–Crippen MR) is 71.1 cm³/mol. The summed E-state index contributed by atoms with van der Waals surface area (Å²) in [6.45, 7) is 3.20. The number of ether oxygens (including phenoxy) is 2. The summed E-state index contributed by atoms with van der Waals surface area (Å²) in [6.07, 6.45) is 0. The molecule has 1 aliphatic heterocycles. The molecule has 0 aliphatic carbocycles. The average Bonchev–Trinajstić information content (AvgIpc) is 2.89. The molecule has 3 rings (SSSR count). The molecule has 0 radical (unpaired) electrons. The second kappa shape index (κ2) is 4.82. The normalized spacial score (nSPS) is 13.6. The van der Waals surface area contributed by atoms with Crippen LogP contribution in [-0.2, 0) is 6.54 Å². The van der Waals surface area contributed by atoms with Gasteiger partial charge in [0, 0.05) is 4.47 Å². The lowest BCUT2D eigenvalue weighted by Gasteiger charge is -2.22. The van der Waals surface area contributed by atoms with Crippen LogP contribution in [0.15, 0.2) is 15.1 Å². The van der Waals surface area contributed by atoms with Gasteiger partial charge in [-0.15, -0.1) is 0 Å². The molecule has 7 heteroatoms. The van der Waals surface area contributed by atoms with Crippen LogP contribution in [0.5, 0.6) is 11.5 Å². The van der Waals surface area contributed by atoms with E-state index in [0.29, 0.717) is 36.4 Å². The third kappa shape index (κ3) is 2.08. The van der Waals surface area contributed by atoms with Gasteiger partial charge in [-0.25, -0.2) is 0 Å². The first kappa shape index (κ1) is 12.4. The van der Waals surface area contributed by atoms with Gasteiger partial charge in [0.1, 0.15) is 13.2 Å². The van der Waals surface area contributed by atoms with E-state index in [1.54, 1.807) is 0 Å². The van der Waals surface area contributed by atoms with Gasteiger partial charge in [0.2, 0.25) is 11.7 Å². The van der Waals surface area contributed by atoms with Gasteiger partial charge < -0.3 is 19.7 Å². The lowest BCUT2D eigenvalue weighted by molar-refractivity contribution is 0.172. The zero-order valence-electron chi connectivity index (χ0n) is 10.3. The maximum Gasteiger partial charge on any atom is 0.240 e. The Hall–Kier alpha value is -1.60. The standard InChI is InChI=1S/C12H12BrN3O3/c1-6-7(13)4-8-11(18-3-2-17-8)10(6)12-15-9(5-14)19-16-12/h4H,2-3,5,14H2,1H3. The van der Waals surface area contributed by atoms with Crippen LogP contribution in [0.3, 0.4) is 0 Å². The van der Waals surface area contributed by atoms with Crippen LogP contribution in [0.1, 0.15) is 11.5 Å². The fourth-order valence-electron chi connectivity index (χ4n) is 1.96. The molecule has 1 aromatic heterocycles. The second-order valence-electron chi connectivity index (χ2n) is 4.10. The third-order valence-corrected chi connectivity index (χ3v) is 3.72. The maximum absolute atomic E-state index is 5.69.